The molecule has 0 radical (unpaired) electrons. The summed E-state index contributed by atoms with van der Waals surface area (Å²) >= 11 is 0. The average Bonchev–Trinajstić information content (AvgIpc) is 1.57. The lowest BCUT2D eigenvalue weighted by Crippen LogP contribution is -2.30. The van der Waals surface area contributed by atoms with Crippen molar-refractivity contribution in [1.82, 2.24) is 29.9 Å². The van der Waals surface area contributed by atoms with Crippen LogP contribution in [0.2, 0.25) is 0 Å². The van der Waals surface area contributed by atoms with E-state index in [2.05, 4.69) is 181 Å². The Morgan fingerprint density at radius 3 is 1.19 bits per heavy atom. The molecule has 428 valence electrons. The van der Waals surface area contributed by atoms with Crippen molar-refractivity contribution in [2.75, 3.05) is 9.80 Å². The molecule has 0 saturated heterocycles. The van der Waals surface area contributed by atoms with Gasteiger partial charge in [-0.05, 0) is 90.7 Å². The van der Waals surface area contributed by atoms with E-state index < -0.39 is 0 Å². The van der Waals surface area contributed by atoms with E-state index in [1.165, 1.54) is 50.6 Å². The molecule has 10 nitrogen and oxygen atoms in total. The van der Waals surface area contributed by atoms with Crippen LogP contribution in [-0.2, 0) is 0 Å². The minimum atomic E-state index is 0.120. The summed E-state index contributed by atoms with van der Waals surface area (Å²) in [6, 6.07) is 88.1. The maximum Gasteiger partial charge on any atom is 0.168 e. The van der Waals surface area contributed by atoms with E-state index in [0.717, 1.165) is 72.4 Å². The summed E-state index contributed by atoms with van der Waals surface area (Å²) in [5, 5.41) is 2.23. The van der Waals surface area contributed by atoms with Gasteiger partial charge >= 0.3 is 0 Å². The van der Waals surface area contributed by atoms with Crippen LogP contribution in [0.1, 0.15) is 56.7 Å². The van der Waals surface area contributed by atoms with Gasteiger partial charge in [-0.1, -0.05) is 224 Å². The molecule has 0 fully saturated rings. The Morgan fingerprint density at radius 1 is 0.333 bits per heavy atom. The highest BCUT2D eigenvalue weighted by Crippen LogP contribution is 2.56. The molecule has 10 heteroatoms. The van der Waals surface area contributed by atoms with Gasteiger partial charge in [-0.15, -0.1) is 0 Å². The van der Waals surface area contributed by atoms with Crippen molar-refractivity contribution >= 4 is 56.8 Å². The quantitative estimate of drug-likeness (QED) is 0.146. The van der Waals surface area contributed by atoms with Gasteiger partial charge in [-0.2, -0.15) is 0 Å². The van der Waals surface area contributed by atoms with Crippen LogP contribution in [0.15, 0.2) is 276 Å². The van der Waals surface area contributed by atoms with Crippen LogP contribution in [0.5, 0.6) is 0 Å². The zero-order valence-corrected chi connectivity index (χ0v) is 49.3. The molecule has 0 amide bonds. The van der Waals surface area contributed by atoms with E-state index in [1.807, 2.05) is 121 Å². The number of anilines is 4. The zero-order valence-electron chi connectivity index (χ0n) is 49.3. The molecule has 4 unspecified atom stereocenters. The van der Waals surface area contributed by atoms with E-state index in [4.69, 9.17) is 38.7 Å². The summed E-state index contributed by atoms with van der Waals surface area (Å²) < 4.78 is 13.6. The SMILES string of the molecule is Cc1ccc(-c2nc(-c3ccccc3)nc(-c3ccccc3)n2)c2oc3c(c12)C1c2ccccc2N(c2ccccc2)C1C=C3.Cc1ccc2c3c(oc2c1-c1nc(-c2ccccc2)nc(-c2ccccc2)n1)C=CC1C3c2ccccc2N1c1ccccc1. The lowest BCUT2D eigenvalue weighted by Gasteiger charge is -2.30. The fourth-order valence-corrected chi connectivity index (χ4v) is 14.0. The Kier molecular flexibility index (Phi) is 12.7. The van der Waals surface area contributed by atoms with E-state index in [0.29, 0.717) is 34.9 Å². The van der Waals surface area contributed by atoms with Crippen LogP contribution < -0.4 is 9.80 Å². The second kappa shape index (κ2) is 21.7. The van der Waals surface area contributed by atoms with Crippen LogP contribution in [0.25, 0.3) is 102 Å². The number of rotatable bonds is 8. The summed E-state index contributed by atoms with van der Waals surface area (Å²) in [5.41, 5.74) is 19.2. The lowest BCUT2D eigenvalue weighted by molar-refractivity contribution is 0.584. The Labute approximate surface area is 520 Å². The van der Waals surface area contributed by atoms with Crippen molar-refractivity contribution in [3.05, 3.63) is 312 Å². The molecule has 4 aliphatic rings. The second-order valence-electron chi connectivity index (χ2n) is 23.3. The van der Waals surface area contributed by atoms with Crippen molar-refractivity contribution in [1.29, 1.82) is 0 Å². The highest BCUT2D eigenvalue weighted by Gasteiger charge is 2.45. The Hall–Kier alpha value is -11.6. The molecule has 2 aliphatic carbocycles. The molecule has 90 heavy (non-hydrogen) atoms. The number of aromatic nitrogens is 6. The number of hydrogen-bond donors (Lipinski definition) is 0. The fourth-order valence-electron chi connectivity index (χ4n) is 14.0. The Bertz CT molecular complexity index is 5010. The molecular formula is C80H56N8O2. The largest absolute Gasteiger partial charge is 0.456 e. The number of fused-ring (bicyclic) bond motifs is 14. The molecule has 14 aromatic rings. The lowest BCUT2D eigenvalue weighted by atomic mass is 9.81. The summed E-state index contributed by atoms with van der Waals surface area (Å²) in [6.45, 7) is 4.27. The molecule has 2 aliphatic heterocycles. The van der Waals surface area contributed by atoms with Crippen molar-refractivity contribution < 1.29 is 8.83 Å². The molecule has 0 bridgehead atoms. The highest BCUT2D eigenvalue weighted by atomic mass is 16.3. The summed E-state index contributed by atoms with van der Waals surface area (Å²) in [5.74, 6) is 5.76. The first-order valence-corrected chi connectivity index (χ1v) is 30.6. The topological polar surface area (TPSA) is 110 Å². The third-order valence-corrected chi connectivity index (χ3v) is 18.0. The first kappa shape index (κ1) is 52.7. The standard InChI is InChI=1S/2C40H28N4O/c1-25-21-22-30(40-42-38(26-13-5-2-6-14-26)41-39(43-40)27-15-7-3-8-16-27)37-34(25)36-33(45-37)24-23-32-35(36)29-19-11-12-20-31(29)44(32)28-17-9-4-10-18-28;1-25-21-22-30-36-33(24-23-32-35(36)29-19-11-12-20-31(29)44(32)28-17-9-4-10-18-28)45-37(30)34(25)40-42-38(26-13-5-2-6-14-26)41-39(43-40)27-15-7-3-8-16-27/h2*2-24,32,35H,1H3. The average molecular weight is 1160 g/mol. The van der Waals surface area contributed by atoms with E-state index >= 15 is 0 Å². The van der Waals surface area contributed by atoms with E-state index in [-0.39, 0.29) is 23.9 Å². The third kappa shape index (κ3) is 8.78. The molecule has 18 rings (SSSR count). The smallest absolute Gasteiger partial charge is 0.168 e. The van der Waals surface area contributed by atoms with Crippen molar-refractivity contribution in [3.8, 4) is 68.3 Å². The van der Waals surface area contributed by atoms with E-state index in [1.54, 1.807) is 0 Å². The molecular weight excluding hydrogens is 1100 g/mol. The maximum atomic E-state index is 6.81. The monoisotopic (exact) mass is 1160 g/mol. The number of aryl methyl sites for hydroxylation is 2. The number of hydrogen-bond acceptors (Lipinski definition) is 10. The van der Waals surface area contributed by atoms with Gasteiger partial charge in [0.05, 0.1) is 23.2 Å². The summed E-state index contributed by atoms with van der Waals surface area (Å²) in [4.78, 5) is 34.9. The van der Waals surface area contributed by atoms with Crippen LogP contribution in [0.3, 0.4) is 0 Å². The van der Waals surface area contributed by atoms with Gasteiger partial charge in [0.15, 0.2) is 34.9 Å². The van der Waals surface area contributed by atoms with E-state index in [9.17, 15) is 0 Å². The minimum Gasteiger partial charge on any atom is -0.456 e. The zero-order chi connectivity index (χ0) is 59.8. The predicted octanol–water partition coefficient (Wildman–Crippen LogP) is 19.2. The fraction of sp³-hybridized carbons (Fsp3) is 0.0750. The van der Waals surface area contributed by atoms with Gasteiger partial charge in [0.2, 0.25) is 0 Å². The normalized spacial score (nSPS) is 16.4. The number of benzene rings is 10. The molecule has 6 heterocycles. The van der Waals surface area contributed by atoms with Crippen molar-refractivity contribution in [3.63, 3.8) is 0 Å². The molecule has 0 saturated carbocycles. The van der Waals surface area contributed by atoms with Gasteiger partial charge in [0.25, 0.3) is 0 Å². The number of para-hydroxylation sites is 4. The van der Waals surface area contributed by atoms with Crippen LogP contribution >= 0.6 is 0 Å². The van der Waals surface area contributed by atoms with Crippen LogP contribution in [0, 0.1) is 13.8 Å². The summed E-state index contributed by atoms with van der Waals surface area (Å²) in [7, 11) is 0. The predicted molar refractivity (Wildman–Crippen MR) is 361 cm³/mol. The van der Waals surface area contributed by atoms with Gasteiger partial charge in [0, 0.05) is 78.7 Å². The third-order valence-electron chi connectivity index (χ3n) is 18.0. The van der Waals surface area contributed by atoms with Gasteiger partial charge < -0.3 is 18.6 Å². The van der Waals surface area contributed by atoms with Crippen molar-refractivity contribution in [2.45, 2.75) is 37.8 Å². The van der Waals surface area contributed by atoms with Gasteiger partial charge in [-0.25, -0.2) is 29.9 Å². The highest BCUT2D eigenvalue weighted by molar-refractivity contribution is 6.01. The molecule has 0 spiro atoms. The second-order valence-corrected chi connectivity index (χ2v) is 23.3. The molecule has 4 aromatic heterocycles. The molecule has 10 aromatic carbocycles. The van der Waals surface area contributed by atoms with Crippen LogP contribution in [-0.4, -0.2) is 42.0 Å². The molecule has 4 atom stereocenters. The maximum absolute atomic E-state index is 6.81. The first-order valence-electron chi connectivity index (χ1n) is 30.6. The summed E-state index contributed by atoms with van der Waals surface area (Å²) in [6.07, 6.45) is 8.88. The van der Waals surface area contributed by atoms with Gasteiger partial charge in [-0.3, -0.25) is 0 Å². The number of furan rings is 2. The number of nitrogens with zero attached hydrogens (tertiary/aromatic N) is 8. The van der Waals surface area contributed by atoms with Crippen LogP contribution in [0.4, 0.5) is 22.7 Å². The molecule has 0 N–H and O–H groups in total. The first-order chi connectivity index (χ1) is 44.5. The Balaban J connectivity index is 0.000000139. The minimum absolute atomic E-state index is 0.120. The van der Waals surface area contributed by atoms with Gasteiger partial charge in [0.1, 0.15) is 22.7 Å². The van der Waals surface area contributed by atoms with Crippen molar-refractivity contribution in [2.24, 2.45) is 0 Å². The Morgan fingerprint density at radius 2 is 0.711 bits per heavy atom.